The first kappa shape index (κ1) is 21.3. The van der Waals surface area contributed by atoms with Crippen LogP contribution in [0.1, 0.15) is 84.0 Å². The van der Waals surface area contributed by atoms with Gasteiger partial charge in [-0.15, -0.1) is 0 Å². The second-order valence-electron chi connectivity index (χ2n) is 6.60. The molecule has 1 aromatic rings. The third kappa shape index (κ3) is 12.3. The first-order valence-electron chi connectivity index (χ1n) is 9.87. The van der Waals surface area contributed by atoms with E-state index in [0.29, 0.717) is 12.2 Å². The molecule has 25 heavy (non-hydrogen) atoms. The average molecular weight is 347 g/mol. The van der Waals surface area contributed by atoms with Crippen LogP contribution in [0.15, 0.2) is 36.4 Å². The molecule has 1 aromatic carbocycles. The molecule has 0 radical (unpaired) electrons. The van der Waals surface area contributed by atoms with Crippen LogP contribution in [0.4, 0.5) is 0 Å². The molecular weight excluding hydrogens is 312 g/mol. The van der Waals surface area contributed by atoms with E-state index in [1.165, 1.54) is 63.9 Å². The Morgan fingerprint density at radius 3 is 2.28 bits per heavy atom. The summed E-state index contributed by atoms with van der Waals surface area (Å²) >= 11 is 0. The molecule has 0 saturated heterocycles. The summed E-state index contributed by atoms with van der Waals surface area (Å²) in [6.07, 6.45) is 18.4. The highest BCUT2D eigenvalue weighted by atomic mass is 16.5. The first-order valence-corrected chi connectivity index (χ1v) is 9.87. The smallest absolute Gasteiger partial charge is 0.311 e. The number of phenolic OH excluding ortho intramolecular Hbond substituents is 1. The molecule has 0 fully saturated rings. The second-order valence-corrected chi connectivity index (χ2v) is 6.60. The van der Waals surface area contributed by atoms with Crippen LogP contribution in [0.3, 0.4) is 0 Å². The summed E-state index contributed by atoms with van der Waals surface area (Å²) in [5.41, 5.74) is 0. The number of hydrogen-bond acceptors (Lipinski definition) is 3. The molecule has 0 aliphatic heterocycles. The summed E-state index contributed by atoms with van der Waals surface area (Å²) in [6, 6.07) is 6.35. The van der Waals surface area contributed by atoms with Crippen LogP contribution in [-0.4, -0.2) is 11.1 Å². The molecule has 0 amide bonds. The minimum absolute atomic E-state index is 0.111. The Morgan fingerprint density at radius 1 is 0.960 bits per heavy atom. The van der Waals surface area contributed by atoms with Crippen LogP contribution in [-0.2, 0) is 4.79 Å². The van der Waals surface area contributed by atoms with Crippen LogP contribution < -0.4 is 4.74 Å². The molecular formula is C22H34O3. The number of esters is 1. The lowest BCUT2D eigenvalue weighted by Crippen LogP contribution is -2.07. The minimum Gasteiger partial charge on any atom is -0.508 e. The quantitative estimate of drug-likeness (QED) is 0.180. The normalized spacial score (nSPS) is 11.1. The van der Waals surface area contributed by atoms with Crippen molar-refractivity contribution in [2.24, 2.45) is 0 Å². The number of rotatable bonds is 14. The van der Waals surface area contributed by atoms with Gasteiger partial charge in [-0.3, -0.25) is 4.79 Å². The maximum atomic E-state index is 11.7. The lowest BCUT2D eigenvalue weighted by Gasteiger charge is -2.04. The molecule has 0 atom stereocenters. The highest BCUT2D eigenvalue weighted by Gasteiger charge is 2.05. The zero-order chi connectivity index (χ0) is 18.2. The first-order chi connectivity index (χ1) is 12.2. The maximum absolute atomic E-state index is 11.7. The van der Waals surface area contributed by atoms with Gasteiger partial charge in [0.2, 0.25) is 0 Å². The van der Waals surface area contributed by atoms with E-state index in [-0.39, 0.29) is 11.7 Å². The molecule has 3 heteroatoms. The van der Waals surface area contributed by atoms with Crippen LogP contribution in [0.5, 0.6) is 11.5 Å². The van der Waals surface area contributed by atoms with Gasteiger partial charge < -0.3 is 9.84 Å². The van der Waals surface area contributed by atoms with Crippen LogP contribution in [0.25, 0.3) is 0 Å². The van der Waals surface area contributed by atoms with Crippen LogP contribution in [0, 0.1) is 0 Å². The molecule has 0 bridgehead atoms. The van der Waals surface area contributed by atoms with Gasteiger partial charge >= 0.3 is 5.97 Å². The molecule has 0 saturated carbocycles. The minimum atomic E-state index is -0.225. The fourth-order valence-corrected chi connectivity index (χ4v) is 2.72. The van der Waals surface area contributed by atoms with Gasteiger partial charge in [0.1, 0.15) is 11.5 Å². The van der Waals surface area contributed by atoms with Crippen LogP contribution in [0.2, 0.25) is 0 Å². The second kappa shape index (κ2) is 14.6. The van der Waals surface area contributed by atoms with Crippen molar-refractivity contribution in [1.29, 1.82) is 0 Å². The van der Waals surface area contributed by atoms with E-state index < -0.39 is 0 Å². The molecule has 0 unspecified atom stereocenters. The van der Waals surface area contributed by atoms with Gasteiger partial charge in [0.05, 0.1) is 0 Å². The van der Waals surface area contributed by atoms with Gasteiger partial charge in [0, 0.05) is 12.5 Å². The molecule has 140 valence electrons. The summed E-state index contributed by atoms with van der Waals surface area (Å²) in [5, 5.41) is 9.33. The highest BCUT2D eigenvalue weighted by Crippen LogP contribution is 2.18. The lowest BCUT2D eigenvalue weighted by molar-refractivity contribution is -0.134. The number of carbonyl (C=O) groups excluding carboxylic acids is 1. The predicted octanol–water partition coefficient (Wildman–Crippen LogP) is 6.55. The third-order valence-corrected chi connectivity index (χ3v) is 4.19. The number of ether oxygens (including phenoxy) is 1. The molecule has 3 nitrogen and oxygen atoms in total. The molecule has 0 aromatic heterocycles. The Hall–Kier alpha value is -1.77. The number of hydrogen-bond donors (Lipinski definition) is 1. The average Bonchev–Trinajstić information content (AvgIpc) is 2.59. The Balaban J connectivity index is 1.91. The van der Waals surface area contributed by atoms with E-state index in [4.69, 9.17) is 4.74 Å². The number of carbonyl (C=O) groups is 1. The standard InChI is InChI=1S/C22H34O3/c1-2-3-4-5-6-7-8-9-10-11-12-13-14-18-22(24)25-21-17-15-16-20(23)19-21/h7-8,15-17,19,23H,2-6,9-14,18H2,1H3/b8-7-. The Kier molecular flexibility index (Phi) is 12.4. The van der Waals surface area contributed by atoms with Gasteiger partial charge in [0.15, 0.2) is 0 Å². The van der Waals surface area contributed by atoms with Crippen molar-refractivity contribution < 1.29 is 14.6 Å². The van der Waals surface area contributed by atoms with Crippen LogP contribution >= 0.6 is 0 Å². The largest absolute Gasteiger partial charge is 0.508 e. The van der Waals surface area contributed by atoms with Gasteiger partial charge in [-0.1, -0.05) is 63.7 Å². The number of allylic oxidation sites excluding steroid dienone is 2. The molecule has 1 N–H and O–H groups in total. The van der Waals surface area contributed by atoms with E-state index >= 15 is 0 Å². The van der Waals surface area contributed by atoms with Gasteiger partial charge in [-0.05, 0) is 44.2 Å². The maximum Gasteiger partial charge on any atom is 0.311 e. The summed E-state index contributed by atoms with van der Waals surface area (Å²) < 4.78 is 5.19. The molecule has 0 aliphatic rings. The van der Waals surface area contributed by atoms with Crippen molar-refractivity contribution in [1.82, 2.24) is 0 Å². The summed E-state index contributed by atoms with van der Waals surface area (Å²) in [6.45, 7) is 2.24. The van der Waals surface area contributed by atoms with E-state index in [9.17, 15) is 9.90 Å². The van der Waals surface area contributed by atoms with Crippen molar-refractivity contribution in [3.8, 4) is 11.5 Å². The van der Waals surface area contributed by atoms with Gasteiger partial charge in [-0.25, -0.2) is 0 Å². The number of unbranched alkanes of at least 4 members (excludes halogenated alkanes) is 9. The molecule has 0 heterocycles. The third-order valence-electron chi connectivity index (χ3n) is 4.19. The number of aromatic hydroxyl groups is 1. The molecule has 0 aliphatic carbocycles. The van der Waals surface area contributed by atoms with Crippen molar-refractivity contribution in [3.05, 3.63) is 36.4 Å². The van der Waals surface area contributed by atoms with E-state index in [1.54, 1.807) is 18.2 Å². The van der Waals surface area contributed by atoms with Crippen molar-refractivity contribution in [2.45, 2.75) is 84.0 Å². The molecule has 0 spiro atoms. The lowest BCUT2D eigenvalue weighted by atomic mass is 10.1. The Labute approximate surface area is 153 Å². The van der Waals surface area contributed by atoms with E-state index in [2.05, 4.69) is 19.1 Å². The summed E-state index contributed by atoms with van der Waals surface area (Å²) in [4.78, 5) is 11.7. The topological polar surface area (TPSA) is 46.5 Å². The van der Waals surface area contributed by atoms with E-state index in [1.807, 2.05) is 0 Å². The zero-order valence-corrected chi connectivity index (χ0v) is 15.7. The van der Waals surface area contributed by atoms with Gasteiger partial charge in [-0.2, -0.15) is 0 Å². The molecule has 1 rings (SSSR count). The fraction of sp³-hybridized carbons (Fsp3) is 0.591. The Morgan fingerprint density at radius 2 is 1.60 bits per heavy atom. The van der Waals surface area contributed by atoms with E-state index in [0.717, 1.165) is 12.8 Å². The Bertz CT molecular complexity index is 494. The summed E-state index contributed by atoms with van der Waals surface area (Å²) in [5.74, 6) is 0.295. The van der Waals surface area contributed by atoms with Crippen molar-refractivity contribution in [2.75, 3.05) is 0 Å². The highest BCUT2D eigenvalue weighted by molar-refractivity contribution is 5.72. The van der Waals surface area contributed by atoms with Crippen molar-refractivity contribution in [3.63, 3.8) is 0 Å². The number of benzene rings is 1. The zero-order valence-electron chi connectivity index (χ0n) is 15.7. The number of phenols is 1. The summed E-state index contributed by atoms with van der Waals surface area (Å²) in [7, 11) is 0. The fourth-order valence-electron chi connectivity index (χ4n) is 2.72. The SMILES string of the molecule is CCCCCC/C=C\CCCCCCCC(=O)Oc1cccc(O)c1. The predicted molar refractivity (Wildman–Crippen MR) is 104 cm³/mol. The van der Waals surface area contributed by atoms with Crippen molar-refractivity contribution >= 4 is 5.97 Å². The monoisotopic (exact) mass is 346 g/mol. The van der Waals surface area contributed by atoms with Gasteiger partial charge in [0.25, 0.3) is 0 Å².